The Balaban J connectivity index is 1.03. The number of hydrogen-bond donors (Lipinski definition) is 0. The third kappa shape index (κ3) is 4.58. The van der Waals surface area contributed by atoms with E-state index in [9.17, 15) is 0 Å². The molecule has 11 rings (SSSR count). The molecule has 8 aromatic carbocycles. The fourth-order valence-electron chi connectivity index (χ4n) is 9.83. The molecule has 3 aliphatic rings. The zero-order chi connectivity index (χ0) is 37.9. The van der Waals surface area contributed by atoms with Gasteiger partial charge in [-0.25, -0.2) is 0 Å². The molecule has 0 aromatic heterocycles. The van der Waals surface area contributed by atoms with Crippen molar-refractivity contribution in [3.05, 3.63) is 192 Å². The SMILES string of the molecule is Cc1cccc2c1N1c3ccc(-c4ccc(N(c5ccc6c(c5)C(C)(C)c5ccccc5-6)c5cccc6ccccc56)cc4)cc3C(C)(C)c3cccc(c31)O2. The van der Waals surface area contributed by atoms with Crippen LogP contribution in [0.15, 0.2) is 164 Å². The molecule has 0 radical (unpaired) electrons. The van der Waals surface area contributed by atoms with Crippen LogP contribution in [0.5, 0.6) is 11.5 Å². The molecule has 0 saturated carbocycles. The first-order valence-electron chi connectivity index (χ1n) is 19.7. The monoisotopic (exact) mass is 722 g/mol. The topological polar surface area (TPSA) is 15.7 Å². The third-order valence-corrected chi connectivity index (χ3v) is 12.7. The fraction of sp³-hybridized carbons (Fsp3) is 0.132. The predicted molar refractivity (Wildman–Crippen MR) is 233 cm³/mol. The third-order valence-electron chi connectivity index (χ3n) is 12.7. The molecule has 1 aliphatic carbocycles. The lowest BCUT2D eigenvalue weighted by Gasteiger charge is -2.45. The minimum absolute atomic E-state index is 0.0967. The van der Waals surface area contributed by atoms with Crippen molar-refractivity contribution in [1.82, 2.24) is 0 Å². The van der Waals surface area contributed by atoms with Crippen LogP contribution >= 0.6 is 0 Å². The van der Waals surface area contributed by atoms with Crippen LogP contribution in [0, 0.1) is 6.92 Å². The number of aryl methyl sites for hydroxylation is 1. The van der Waals surface area contributed by atoms with E-state index in [4.69, 9.17) is 4.74 Å². The highest BCUT2D eigenvalue weighted by molar-refractivity contribution is 6.00. The average molecular weight is 723 g/mol. The molecule has 8 aromatic rings. The van der Waals surface area contributed by atoms with Crippen molar-refractivity contribution in [3.63, 3.8) is 0 Å². The molecule has 270 valence electrons. The maximum atomic E-state index is 6.53. The fourth-order valence-corrected chi connectivity index (χ4v) is 9.83. The van der Waals surface area contributed by atoms with Crippen LogP contribution in [0.3, 0.4) is 0 Å². The van der Waals surface area contributed by atoms with E-state index < -0.39 is 0 Å². The van der Waals surface area contributed by atoms with Gasteiger partial charge in [-0.05, 0) is 117 Å². The van der Waals surface area contributed by atoms with Crippen molar-refractivity contribution in [2.45, 2.75) is 45.4 Å². The van der Waals surface area contributed by atoms with E-state index in [1.807, 2.05) is 0 Å². The summed E-state index contributed by atoms with van der Waals surface area (Å²) in [4.78, 5) is 4.87. The number of rotatable bonds is 4. The molecular formula is C53H42N2O. The summed E-state index contributed by atoms with van der Waals surface area (Å²) in [6.07, 6.45) is 0. The summed E-state index contributed by atoms with van der Waals surface area (Å²) in [6.45, 7) is 11.6. The summed E-state index contributed by atoms with van der Waals surface area (Å²) < 4.78 is 6.53. The number of hydrogen-bond acceptors (Lipinski definition) is 3. The van der Waals surface area contributed by atoms with E-state index in [0.717, 1.165) is 34.2 Å². The molecule has 56 heavy (non-hydrogen) atoms. The first kappa shape index (κ1) is 32.8. The molecule has 2 heterocycles. The lowest BCUT2D eigenvalue weighted by molar-refractivity contribution is 0.471. The average Bonchev–Trinajstić information content (AvgIpc) is 3.45. The molecule has 0 fully saturated rings. The van der Waals surface area contributed by atoms with E-state index >= 15 is 0 Å². The second-order valence-electron chi connectivity index (χ2n) is 16.6. The molecule has 0 N–H and O–H groups in total. The van der Waals surface area contributed by atoms with Gasteiger partial charge in [0.2, 0.25) is 0 Å². The van der Waals surface area contributed by atoms with Gasteiger partial charge in [0.05, 0.1) is 22.7 Å². The van der Waals surface area contributed by atoms with Crippen molar-refractivity contribution in [2.24, 2.45) is 0 Å². The van der Waals surface area contributed by atoms with Crippen molar-refractivity contribution in [1.29, 1.82) is 0 Å². The Hall–Kier alpha value is -6.58. The highest BCUT2D eigenvalue weighted by atomic mass is 16.5. The van der Waals surface area contributed by atoms with Gasteiger partial charge in [-0.15, -0.1) is 0 Å². The molecule has 0 saturated heterocycles. The molecule has 0 spiro atoms. The van der Waals surface area contributed by atoms with Crippen molar-refractivity contribution < 1.29 is 4.74 Å². The van der Waals surface area contributed by atoms with Gasteiger partial charge in [-0.1, -0.05) is 137 Å². The van der Waals surface area contributed by atoms with E-state index in [1.165, 1.54) is 72.2 Å². The van der Waals surface area contributed by atoms with E-state index in [2.05, 4.69) is 208 Å². The minimum atomic E-state index is -0.233. The van der Waals surface area contributed by atoms with Crippen LogP contribution in [0.25, 0.3) is 33.0 Å². The number of ether oxygens (including phenoxy) is 1. The van der Waals surface area contributed by atoms with Crippen LogP contribution in [0.4, 0.5) is 34.1 Å². The lowest BCUT2D eigenvalue weighted by atomic mass is 9.72. The van der Waals surface area contributed by atoms with Gasteiger partial charge in [-0.2, -0.15) is 0 Å². The van der Waals surface area contributed by atoms with Crippen LogP contribution in [-0.4, -0.2) is 0 Å². The Bertz CT molecular complexity index is 2910. The summed E-state index contributed by atoms with van der Waals surface area (Å²) >= 11 is 0. The Kier molecular flexibility index (Phi) is 6.86. The Labute approximate surface area is 329 Å². The zero-order valence-corrected chi connectivity index (χ0v) is 32.4. The zero-order valence-electron chi connectivity index (χ0n) is 32.4. The Morgan fingerprint density at radius 3 is 1.98 bits per heavy atom. The number of benzene rings is 8. The summed E-state index contributed by atoms with van der Waals surface area (Å²) in [5, 5.41) is 2.45. The van der Waals surface area contributed by atoms with Gasteiger partial charge in [0.25, 0.3) is 0 Å². The first-order valence-corrected chi connectivity index (χ1v) is 19.7. The van der Waals surface area contributed by atoms with Crippen molar-refractivity contribution >= 4 is 44.9 Å². The van der Waals surface area contributed by atoms with Crippen LogP contribution in [0.2, 0.25) is 0 Å². The molecule has 0 atom stereocenters. The summed E-state index contributed by atoms with van der Waals surface area (Å²) in [6, 6.07) is 60.3. The molecule has 0 unspecified atom stereocenters. The van der Waals surface area contributed by atoms with Gasteiger partial charge < -0.3 is 14.5 Å². The van der Waals surface area contributed by atoms with Gasteiger partial charge in [-0.3, -0.25) is 0 Å². The van der Waals surface area contributed by atoms with E-state index in [1.54, 1.807) is 0 Å². The molecule has 2 aliphatic heterocycles. The summed E-state index contributed by atoms with van der Waals surface area (Å²) in [7, 11) is 0. The van der Waals surface area contributed by atoms with Gasteiger partial charge in [0.15, 0.2) is 11.5 Å². The maximum Gasteiger partial charge on any atom is 0.151 e. The highest BCUT2D eigenvalue weighted by Crippen LogP contribution is 2.61. The van der Waals surface area contributed by atoms with Gasteiger partial charge in [0.1, 0.15) is 0 Å². The molecule has 0 amide bonds. The standard InChI is InChI=1S/C53H42N2O/c1-33-13-10-21-48-50(33)55-47-30-25-36(31-45(47)53(4,5)43-19-12-22-49(56-48)51(43)55)34-23-26-37(27-24-34)54(46-20-11-15-35-14-6-7-16-39(35)46)38-28-29-41-40-17-8-9-18-42(40)52(2,3)44(41)32-38/h6-32H,1-5H3. The second-order valence-corrected chi connectivity index (χ2v) is 16.6. The quantitative estimate of drug-likeness (QED) is 0.180. The minimum Gasteiger partial charge on any atom is -0.453 e. The van der Waals surface area contributed by atoms with Crippen molar-refractivity contribution in [3.8, 4) is 33.8 Å². The highest BCUT2D eigenvalue weighted by Gasteiger charge is 2.42. The second kappa shape index (κ2) is 11.7. The molecular weight excluding hydrogens is 681 g/mol. The van der Waals surface area contributed by atoms with E-state index in [-0.39, 0.29) is 10.8 Å². The summed E-state index contributed by atoms with van der Waals surface area (Å²) in [5.41, 5.74) is 18.2. The van der Waals surface area contributed by atoms with E-state index in [0.29, 0.717) is 0 Å². The van der Waals surface area contributed by atoms with Crippen LogP contribution < -0.4 is 14.5 Å². The lowest BCUT2D eigenvalue weighted by Crippen LogP contribution is -2.32. The molecule has 3 heteroatoms. The Morgan fingerprint density at radius 2 is 1.12 bits per heavy atom. The maximum absolute atomic E-state index is 6.53. The number of nitrogens with zero attached hydrogens (tertiary/aromatic N) is 2. The number of anilines is 6. The smallest absolute Gasteiger partial charge is 0.151 e. The summed E-state index contributed by atoms with van der Waals surface area (Å²) in [5.74, 6) is 1.80. The largest absolute Gasteiger partial charge is 0.453 e. The van der Waals surface area contributed by atoms with Crippen molar-refractivity contribution in [2.75, 3.05) is 9.80 Å². The first-order chi connectivity index (χ1) is 27.2. The number of para-hydroxylation sites is 2. The Morgan fingerprint density at radius 1 is 0.482 bits per heavy atom. The normalized spacial score (nSPS) is 14.9. The van der Waals surface area contributed by atoms with Crippen LogP contribution in [-0.2, 0) is 10.8 Å². The molecule has 3 nitrogen and oxygen atoms in total. The van der Waals surface area contributed by atoms with Gasteiger partial charge >= 0.3 is 0 Å². The van der Waals surface area contributed by atoms with Gasteiger partial charge in [0, 0.05) is 27.6 Å². The van der Waals surface area contributed by atoms with Crippen LogP contribution in [0.1, 0.15) is 55.5 Å². The number of fused-ring (bicyclic) bond motifs is 8. The predicted octanol–water partition coefficient (Wildman–Crippen LogP) is 14.8. The molecule has 0 bridgehead atoms.